The predicted molar refractivity (Wildman–Crippen MR) is 118 cm³/mol. The molecule has 0 aromatic heterocycles. The second-order valence-electron chi connectivity index (χ2n) is 6.69. The lowest BCUT2D eigenvalue weighted by molar-refractivity contribution is -0.142. The number of alkyl halides is 3. The van der Waals surface area contributed by atoms with E-state index in [0.717, 1.165) is 17.8 Å². The molecule has 0 bridgehead atoms. The summed E-state index contributed by atoms with van der Waals surface area (Å²) in [4.78, 5) is 23.4. The number of rotatable bonds is 6. The molecular weight excluding hydrogens is 465 g/mol. The third-order valence-electron chi connectivity index (χ3n) is 4.36. The Kier molecular flexibility index (Phi) is 7.22. The van der Waals surface area contributed by atoms with Gasteiger partial charge in [-0.3, -0.25) is 9.59 Å². The second-order valence-corrected chi connectivity index (χ2v) is 8.40. The van der Waals surface area contributed by atoms with Crippen molar-refractivity contribution in [3.63, 3.8) is 0 Å². The number of thioether (sulfide) groups is 1. The molecule has 3 rings (SSSR count). The van der Waals surface area contributed by atoms with Crippen LogP contribution in [0.15, 0.2) is 47.4 Å². The first-order chi connectivity index (χ1) is 15.1. The van der Waals surface area contributed by atoms with Crippen LogP contribution in [0, 0.1) is 0 Å². The first-order valence-corrected chi connectivity index (χ1v) is 10.4. The molecule has 1 aliphatic rings. The third-order valence-corrected chi connectivity index (χ3v) is 5.52. The zero-order chi connectivity index (χ0) is 23.5. The van der Waals surface area contributed by atoms with Crippen LogP contribution in [-0.2, 0) is 26.9 Å². The molecule has 1 atom stereocenters. The van der Waals surface area contributed by atoms with E-state index in [2.05, 4.69) is 10.1 Å². The van der Waals surface area contributed by atoms with Gasteiger partial charge in [0.2, 0.25) is 0 Å². The van der Waals surface area contributed by atoms with Crippen LogP contribution in [0.4, 0.5) is 13.2 Å². The van der Waals surface area contributed by atoms with Crippen molar-refractivity contribution in [2.45, 2.75) is 18.6 Å². The van der Waals surface area contributed by atoms with E-state index < -0.39 is 35.4 Å². The van der Waals surface area contributed by atoms with E-state index in [-0.39, 0.29) is 27.0 Å². The highest BCUT2D eigenvalue weighted by Gasteiger charge is 2.35. The lowest BCUT2D eigenvalue weighted by atomic mass is 10.1. The third kappa shape index (κ3) is 5.87. The van der Waals surface area contributed by atoms with Gasteiger partial charge in [0, 0.05) is 0 Å². The number of hydrogen-bond donors (Lipinski definition) is 2. The van der Waals surface area contributed by atoms with Crippen molar-refractivity contribution in [1.29, 1.82) is 0 Å². The number of hydrogen-bond acceptors (Lipinski definition) is 7. The number of thiocarbonyl (C=S) groups is 1. The Balaban J connectivity index is 1.82. The molecule has 3 N–H and O–H groups in total. The largest absolute Gasteiger partial charge is 0.468 e. The number of methoxy groups -OCH3 is 1. The first kappa shape index (κ1) is 23.8. The number of ether oxygens (including phenoxy) is 2. The van der Waals surface area contributed by atoms with Gasteiger partial charge in [0.1, 0.15) is 21.9 Å². The van der Waals surface area contributed by atoms with E-state index in [1.807, 2.05) is 0 Å². The Morgan fingerprint density at radius 1 is 1.25 bits per heavy atom. The number of carbonyl (C=O) groups excluding carboxylic acids is 2. The molecule has 0 spiro atoms. The molecule has 168 valence electrons. The van der Waals surface area contributed by atoms with Crippen molar-refractivity contribution in [2.75, 3.05) is 7.11 Å². The molecule has 1 saturated heterocycles. The minimum atomic E-state index is -4.68. The molecule has 6 nitrogen and oxygen atoms in total. The molecule has 2 aromatic rings. The van der Waals surface area contributed by atoms with Crippen LogP contribution in [0.5, 0.6) is 11.5 Å². The zero-order valence-electron chi connectivity index (χ0n) is 16.6. The topological polar surface area (TPSA) is 90.7 Å². The average Bonchev–Trinajstić information content (AvgIpc) is 3.05. The van der Waals surface area contributed by atoms with Crippen LogP contribution >= 0.6 is 24.0 Å². The molecule has 0 aliphatic carbocycles. The Morgan fingerprint density at radius 2 is 1.94 bits per heavy atom. The van der Waals surface area contributed by atoms with Gasteiger partial charge in [-0.25, -0.2) is 0 Å². The maximum Gasteiger partial charge on any atom is 0.420 e. The van der Waals surface area contributed by atoms with Crippen LogP contribution in [0.1, 0.15) is 16.7 Å². The molecule has 1 aliphatic heterocycles. The molecular formula is C21H17F3N2O4S2. The number of nitrogens with two attached hydrogens (primary N) is 1. The Hall–Kier alpha value is -2.89. The number of amides is 1. The molecule has 1 fully saturated rings. The monoisotopic (exact) mass is 482 g/mol. The summed E-state index contributed by atoms with van der Waals surface area (Å²) in [6, 6.07) is 8.82. The lowest BCUT2D eigenvalue weighted by Gasteiger charge is -2.15. The number of carbonyl (C=O) groups is 2. The van der Waals surface area contributed by atoms with E-state index in [0.29, 0.717) is 5.56 Å². The normalized spacial score (nSPS) is 16.1. The standard InChI is InChI=1S/C21H17F3N2O4S2/c1-29-19(28)15(25)9-11-2-5-13(6-3-11)30-16-7-4-12(8-14(16)21(22,23)24)10-17-18(27)26-20(31)32-17/h2-8,10,15H,9,25H2,1H3,(H,26,27,31)/b17-10+/t15-/m0/s1. The van der Waals surface area contributed by atoms with Crippen molar-refractivity contribution in [2.24, 2.45) is 5.73 Å². The number of nitrogens with one attached hydrogen (secondary N) is 1. The minimum absolute atomic E-state index is 0.174. The van der Waals surface area contributed by atoms with E-state index >= 15 is 0 Å². The van der Waals surface area contributed by atoms with Gasteiger partial charge in [-0.1, -0.05) is 42.2 Å². The second kappa shape index (κ2) is 9.72. The van der Waals surface area contributed by atoms with Crippen LogP contribution in [-0.4, -0.2) is 29.3 Å². The first-order valence-electron chi connectivity index (χ1n) is 9.13. The van der Waals surface area contributed by atoms with Crippen molar-refractivity contribution in [1.82, 2.24) is 5.32 Å². The molecule has 0 radical (unpaired) electrons. The fraction of sp³-hybridized carbons (Fsp3) is 0.190. The fourth-order valence-corrected chi connectivity index (χ4v) is 3.87. The quantitative estimate of drug-likeness (QED) is 0.365. The highest BCUT2D eigenvalue weighted by atomic mass is 32.2. The van der Waals surface area contributed by atoms with Crippen molar-refractivity contribution >= 4 is 46.3 Å². The van der Waals surface area contributed by atoms with Gasteiger partial charge in [0.25, 0.3) is 5.91 Å². The molecule has 0 saturated carbocycles. The number of esters is 1. The number of halogens is 3. The van der Waals surface area contributed by atoms with Crippen molar-refractivity contribution < 1.29 is 32.2 Å². The lowest BCUT2D eigenvalue weighted by Crippen LogP contribution is -2.33. The smallest absolute Gasteiger partial charge is 0.420 e. The van der Waals surface area contributed by atoms with Crippen molar-refractivity contribution in [3.05, 3.63) is 64.1 Å². The van der Waals surface area contributed by atoms with Gasteiger partial charge < -0.3 is 20.5 Å². The van der Waals surface area contributed by atoms with Gasteiger partial charge in [-0.15, -0.1) is 0 Å². The minimum Gasteiger partial charge on any atom is -0.468 e. The maximum absolute atomic E-state index is 13.6. The van der Waals surface area contributed by atoms with Gasteiger partial charge in [0.05, 0.1) is 17.6 Å². The highest BCUT2D eigenvalue weighted by molar-refractivity contribution is 8.26. The molecule has 1 heterocycles. The van der Waals surface area contributed by atoms with Crippen LogP contribution in [0.2, 0.25) is 0 Å². The molecule has 0 unspecified atom stereocenters. The van der Waals surface area contributed by atoms with Gasteiger partial charge in [-0.2, -0.15) is 13.2 Å². The summed E-state index contributed by atoms with van der Waals surface area (Å²) in [6.07, 6.45) is -3.14. The Labute approximate surface area is 190 Å². The van der Waals surface area contributed by atoms with Crippen LogP contribution in [0.25, 0.3) is 6.08 Å². The predicted octanol–water partition coefficient (Wildman–Crippen LogP) is 4.03. The molecule has 11 heteroatoms. The summed E-state index contributed by atoms with van der Waals surface area (Å²) in [5, 5.41) is 2.41. The molecule has 1 amide bonds. The summed E-state index contributed by atoms with van der Waals surface area (Å²) < 4.78 is 51.2. The summed E-state index contributed by atoms with van der Waals surface area (Å²) in [6.45, 7) is 0. The van der Waals surface area contributed by atoms with E-state index in [4.69, 9.17) is 22.7 Å². The SMILES string of the molecule is COC(=O)[C@@H](N)Cc1ccc(Oc2ccc(/C=C3/SC(=S)NC3=O)cc2C(F)(F)F)cc1. The van der Waals surface area contributed by atoms with E-state index in [9.17, 15) is 22.8 Å². The summed E-state index contributed by atoms with van der Waals surface area (Å²) >= 11 is 5.86. The maximum atomic E-state index is 13.6. The van der Waals surface area contributed by atoms with Gasteiger partial charge in [-0.05, 0) is 47.9 Å². The van der Waals surface area contributed by atoms with Gasteiger partial charge >= 0.3 is 12.1 Å². The van der Waals surface area contributed by atoms with Crippen LogP contribution < -0.4 is 15.8 Å². The summed E-state index contributed by atoms with van der Waals surface area (Å²) in [5.41, 5.74) is 5.59. The zero-order valence-corrected chi connectivity index (χ0v) is 18.2. The highest BCUT2D eigenvalue weighted by Crippen LogP contribution is 2.39. The molecule has 2 aromatic carbocycles. The number of benzene rings is 2. The summed E-state index contributed by atoms with van der Waals surface area (Å²) in [5.74, 6) is -1.24. The Bertz CT molecular complexity index is 1090. The van der Waals surface area contributed by atoms with E-state index in [1.165, 1.54) is 37.5 Å². The summed E-state index contributed by atoms with van der Waals surface area (Å²) in [7, 11) is 1.23. The van der Waals surface area contributed by atoms with E-state index in [1.54, 1.807) is 12.1 Å². The fourth-order valence-electron chi connectivity index (χ4n) is 2.83. The average molecular weight is 483 g/mol. The Morgan fingerprint density at radius 3 is 2.50 bits per heavy atom. The molecule has 32 heavy (non-hydrogen) atoms. The van der Waals surface area contributed by atoms with Crippen molar-refractivity contribution in [3.8, 4) is 11.5 Å². The van der Waals surface area contributed by atoms with Crippen LogP contribution in [0.3, 0.4) is 0 Å². The van der Waals surface area contributed by atoms with Gasteiger partial charge in [0.15, 0.2) is 0 Å².